The lowest BCUT2D eigenvalue weighted by atomic mass is 10.2. The second-order valence-corrected chi connectivity index (χ2v) is 6.88. The number of quaternary nitrogens is 1. The molecule has 0 aliphatic heterocycles. The summed E-state index contributed by atoms with van der Waals surface area (Å²) in [6.07, 6.45) is 1.98. The Hall–Kier alpha value is -2.31. The SMILES string of the molecule is CCN(C(=O)C[NH+](C)CC(=O)Nc1ccccc1SC)c1ccccc1. The predicted octanol–water partition coefficient (Wildman–Crippen LogP) is 1.91. The first-order valence-electron chi connectivity index (χ1n) is 8.64. The number of hydrogen-bond acceptors (Lipinski definition) is 3. The van der Waals surface area contributed by atoms with Crippen LogP contribution in [-0.2, 0) is 9.59 Å². The zero-order valence-electron chi connectivity index (χ0n) is 15.5. The maximum Gasteiger partial charge on any atom is 0.282 e. The standard InChI is InChI=1S/C20H25N3O2S/c1-4-23(16-10-6-5-7-11-16)20(25)15-22(2)14-19(24)21-17-12-8-9-13-18(17)26-3/h5-13H,4,14-15H2,1-3H3,(H,21,24)/p+1. The van der Waals surface area contributed by atoms with Crippen LogP contribution in [0.25, 0.3) is 0 Å². The Balaban J connectivity index is 1.91. The van der Waals surface area contributed by atoms with E-state index in [1.165, 1.54) is 0 Å². The molecule has 2 amide bonds. The van der Waals surface area contributed by atoms with Crippen molar-refractivity contribution in [2.24, 2.45) is 0 Å². The minimum atomic E-state index is -0.0976. The molecular weight excluding hydrogens is 346 g/mol. The van der Waals surface area contributed by atoms with Crippen LogP contribution in [0.15, 0.2) is 59.5 Å². The lowest BCUT2D eigenvalue weighted by molar-refractivity contribution is -0.862. The molecule has 6 heteroatoms. The van der Waals surface area contributed by atoms with Crippen molar-refractivity contribution in [3.05, 3.63) is 54.6 Å². The molecule has 0 aromatic heterocycles. The number of anilines is 2. The highest BCUT2D eigenvalue weighted by molar-refractivity contribution is 7.98. The van der Waals surface area contributed by atoms with Crippen LogP contribution in [0.2, 0.25) is 0 Å². The van der Waals surface area contributed by atoms with Gasteiger partial charge in [0.05, 0.1) is 12.7 Å². The van der Waals surface area contributed by atoms with Gasteiger partial charge in [0.1, 0.15) is 0 Å². The Bertz CT molecular complexity index is 737. The van der Waals surface area contributed by atoms with Crippen LogP contribution in [0.3, 0.4) is 0 Å². The smallest absolute Gasteiger partial charge is 0.282 e. The van der Waals surface area contributed by atoms with Gasteiger partial charge in [-0.2, -0.15) is 0 Å². The topological polar surface area (TPSA) is 53.9 Å². The van der Waals surface area contributed by atoms with Gasteiger partial charge in [0.15, 0.2) is 13.1 Å². The van der Waals surface area contributed by atoms with E-state index in [1.807, 2.05) is 74.8 Å². The summed E-state index contributed by atoms with van der Waals surface area (Å²) in [5, 5.41) is 2.93. The van der Waals surface area contributed by atoms with Gasteiger partial charge < -0.3 is 15.1 Å². The Morgan fingerprint density at radius 2 is 1.69 bits per heavy atom. The Labute approximate surface area is 159 Å². The van der Waals surface area contributed by atoms with E-state index < -0.39 is 0 Å². The van der Waals surface area contributed by atoms with Gasteiger partial charge in [0.25, 0.3) is 11.8 Å². The highest BCUT2D eigenvalue weighted by Crippen LogP contribution is 2.24. The van der Waals surface area contributed by atoms with E-state index in [1.54, 1.807) is 16.7 Å². The van der Waals surface area contributed by atoms with Crippen LogP contribution < -0.4 is 15.1 Å². The third kappa shape index (κ3) is 5.61. The number of amides is 2. The molecule has 0 spiro atoms. The molecular formula is C20H26N3O2S+. The summed E-state index contributed by atoms with van der Waals surface area (Å²) >= 11 is 1.59. The highest BCUT2D eigenvalue weighted by atomic mass is 32.2. The molecule has 0 saturated heterocycles. The molecule has 138 valence electrons. The summed E-state index contributed by atoms with van der Waals surface area (Å²) in [4.78, 5) is 28.5. The molecule has 0 radical (unpaired) electrons. The molecule has 2 aromatic rings. The molecule has 26 heavy (non-hydrogen) atoms. The van der Waals surface area contributed by atoms with E-state index in [0.717, 1.165) is 21.2 Å². The lowest BCUT2D eigenvalue weighted by Gasteiger charge is -2.22. The van der Waals surface area contributed by atoms with Crippen molar-refractivity contribution >= 4 is 35.0 Å². The van der Waals surface area contributed by atoms with E-state index in [4.69, 9.17) is 0 Å². The molecule has 5 nitrogen and oxygen atoms in total. The van der Waals surface area contributed by atoms with Gasteiger partial charge in [0, 0.05) is 17.1 Å². The molecule has 0 bridgehead atoms. The quantitative estimate of drug-likeness (QED) is 0.696. The fourth-order valence-corrected chi connectivity index (χ4v) is 3.30. The first kappa shape index (κ1) is 20.0. The maximum absolute atomic E-state index is 12.6. The minimum absolute atomic E-state index is 0.00788. The monoisotopic (exact) mass is 372 g/mol. The van der Waals surface area contributed by atoms with Crippen LogP contribution in [0, 0.1) is 0 Å². The number of carbonyl (C=O) groups is 2. The van der Waals surface area contributed by atoms with E-state index in [2.05, 4.69) is 5.32 Å². The molecule has 2 N–H and O–H groups in total. The minimum Gasteiger partial charge on any atom is -0.322 e. The fourth-order valence-electron chi connectivity index (χ4n) is 2.74. The first-order chi connectivity index (χ1) is 12.5. The number of rotatable bonds is 8. The third-order valence-corrected chi connectivity index (χ3v) is 4.78. The van der Waals surface area contributed by atoms with Gasteiger partial charge in [-0.05, 0) is 37.4 Å². The number of likely N-dealkylation sites (N-methyl/N-ethyl adjacent to an activating group) is 2. The van der Waals surface area contributed by atoms with Crippen molar-refractivity contribution in [1.82, 2.24) is 0 Å². The molecule has 0 aliphatic rings. The fraction of sp³-hybridized carbons (Fsp3) is 0.300. The number of para-hydroxylation sites is 2. The lowest BCUT2D eigenvalue weighted by Crippen LogP contribution is -3.11. The van der Waals surface area contributed by atoms with Gasteiger partial charge in [-0.3, -0.25) is 9.59 Å². The van der Waals surface area contributed by atoms with Crippen LogP contribution in [0.4, 0.5) is 11.4 Å². The summed E-state index contributed by atoms with van der Waals surface area (Å²) in [6, 6.07) is 17.3. The zero-order chi connectivity index (χ0) is 18.9. The average molecular weight is 373 g/mol. The Morgan fingerprint density at radius 3 is 2.35 bits per heavy atom. The van der Waals surface area contributed by atoms with E-state index in [0.29, 0.717) is 6.54 Å². The number of nitrogens with one attached hydrogen (secondary N) is 2. The zero-order valence-corrected chi connectivity index (χ0v) is 16.3. The molecule has 0 saturated carbocycles. The molecule has 2 aromatic carbocycles. The van der Waals surface area contributed by atoms with Gasteiger partial charge >= 0.3 is 0 Å². The van der Waals surface area contributed by atoms with Gasteiger partial charge in [-0.25, -0.2) is 0 Å². The number of carbonyl (C=O) groups excluding carboxylic acids is 2. The normalized spacial score (nSPS) is 11.7. The van der Waals surface area contributed by atoms with Crippen molar-refractivity contribution in [2.45, 2.75) is 11.8 Å². The van der Waals surface area contributed by atoms with Crippen molar-refractivity contribution in [3.8, 4) is 0 Å². The van der Waals surface area contributed by atoms with Crippen molar-refractivity contribution in [2.75, 3.05) is 43.2 Å². The van der Waals surface area contributed by atoms with E-state index >= 15 is 0 Å². The molecule has 1 atom stereocenters. The average Bonchev–Trinajstić information content (AvgIpc) is 2.63. The van der Waals surface area contributed by atoms with Crippen LogP contribution in [0.5, 0.6) is 0 Å². The first-order valence-corrected chi connectivity index (χ1v) is 9.87. The molecule has 2 rings (SSSR count). The van der Waals surface area contributed by atoms with Crippen LogP contribution in [0.1, 0.15) is 6.92 Å². The summed E-state index contributed by atoms with van der Waals surface area (Å²) in [6.45, 7) is 3.05. The number of thioether (sulfide) groups is 1. The largest absolute Gasteiger partial charge is 0.322 e. The second-order valence-electron chi connectivity index (χ2n) is 6.03. The molecule has 1 unspecified atom stereocenters. The van der Waals surface area contributed by atoms with Crippen LogP contribution >= 0.6 is 11.8 Å². The van der Waals surface area contributed by atoms with Gasteiger partial charge in [-0.1, -0.05) is 30.3 Å². The summed E-state index contributed by atoms with van der Waals surface area (Å²) in [5.41, 5.74) is 1.69. The number of benzene rings is 2. The third-order valence-electron chi connectivity index (χ3n) is 3.98. The summed E-state index contributed by atoms with van der Waals surface area (Å²) in [5.74, 6) is -0.0897. The van der Waals surface area contributed by atoms with Crippen molar-refractivity contribution in [3.63, 3.8) is 0 Å². The van der Waals surface area contributed by atoms with Crippen molar-refractivity contribution < 1.29 is 14.5 Å². The second kappa shape index (κ2) is 9.99. The van der Waals surface area contributed by atoms with Gasteiger partial charge in [0.2, 0.25) is 0 Å². The number of hydrogen-bond donors (Lipinski definition) is 2. The molecule has 0 aliphatic carbocycles. The highest BCUT2D eigenvalue weighted by Gasteiger charge is 2.20. The van der Waals surface area contributed by atoms with E-state index in [-0.39, 0.29) is 24.9 Å². The Morgan fingerprint density at radius 1 is 1.04 bits per heavy atom. The summed E-state index contributed by atoms with van der Waals surface area (Å²) < 4.78 is 0. The molecule has 0 fully saturated rings. The maximum atomic E-state index is 12.6. The van der Waals surface area contributed by atoms with E-state index in [9.17, 15) is 9.59 Å². The Kier molecular flexibility index (Phi) is 7.69. The molecule has 0 heterocycles. The van der Waals surface area contributed by atoms with Crippen molar-refractivity contribution in [1.29, 1.82) is 0 Å². The van der Waals surface area contributed by atoms with Gasteiger partial charge in [-0.15, -0.1) is 11.8 Å². The summed E-state index contributed by atoms with van der Waals surface area (Å²) in [7, 11) is 1.86. The number of nitrogens with zero attached hydrogens (tertiary/aromatic N) is 1. The predicted molar refractivity (Wildman–Crippen MR) is 108 cm³/mol. The van der Waals surface area contributed by atoms with Crippen LogP contribution in [-0.4, -0.2) is 44.8 Å².